The summed E-state index contributed by atoms with van der Waals surface area (Å²) in [6.45, 7) is 6.30. The van der Waals surface area contributed by atoms with Crippen LogP contribution >= 0.6 is 0 Å². The van der Waals surface area contributed by atoms with Crippen LogP contribution in [0.5, 0.6) is 0 Å². The molecule has 0 aromatic heterocycles. The lowest BCUT2D eigenvalue weighted by molar-refractivity contribution is 0.0464. The summed E-state index contributed by atoms with van der Waals surface area (Å²) in [5.41, 5.74) is 0. The second kappa shape index (κ2) is 5.82. The Morgan fingerprint density at radius 2 is 2.50 bits per heavy atom. The Hall–Kier alpha value is -0.810. The van der Waals surface area contributed by atoms with E-state index in [4.69, 9.17) is 9.47 Å². The van der Waals surface area contributed by atoms with Gasteiger partial charge in [0, 0.05) is 12.6 Å². The third-order valence-corrected chi connectivity index (χ3v) is 1.82. The Balaban J connectivity index is 2.09. The number of morpholine rings is 1. The summed E-state index contributed by atoms with van der Waals surface area (Å²) in [4.78, 5) is 11.1. The number of carbonyl (C=O) groups is 1. The Bertz CT molecular complexity index is 179. The molecule has 5 nitrogen and oxygen atoms in total. The Labute approximate surface area is 84.1 Å². The van der Waals surface area contributed by atoms with Crippen molar-refractivity contribution in [3.05, 3.63) is 0 Å². The van der Waals surface area contributed by atoms with Crippen LogP contribution in [0.3, 0.4) is 0 Å². The van der Waals surface area contributed by atoms with Crippen molar-refractivity contribution in [1.82, 2.24) is 10.6 Å². The van der Waals surface area contributed by atoms with Crippen LogP contribution in [0.15, 0.2) is 0 Å². The summed E-state index contributed by atoms with van der Waals surface area (Å²) in [6, 6.07) is 0.236. The third kappa shape index (κ3) is 4.43. The molecule has 1 aliphatic rings. The normalized spacial score (nSPS) is 22.1. The molecule has 1 rings (SSSR count). The van der Waals surface area contributed by atoms with Crippen molar-refractivity contribution in [2.75, 3.05) is 26.4 Å². The lowest BCUT2D eigenvalue weighted by Crippen LogP contribution is -2.45. The van der Waals surface area contributed by atoms with Gasteiger partial charge in [0.15, 0.2) is 0 Å². The molecule has 1 amide bonds. The number of amides is 1. The molecular weight excluding hydrogens is 184 g/mol. The maximum absolute atomic E-state index is 11.1. The van der Waals surface area contributed by atoms with Gasteiger partial charge in [-0.2, -0.15) is 0 Å². The van der Waals surface area contributed by atoms with Crippen molar-refractivity contribution < 1.29 is 14.3 Å². The first-order valence-electron chi connectivity index (χ1n) is 4.93. The van der Waals surface area contributed by atoms with E-state index in [0.717, 1.165) is 13.2 Å². The van der Waals surface area contributed by atoms with Gasteiger partial charge in [-0.25, -0.2) is 4.79 Å². The van der Waals surface area contributed by atoms with E-state index in [1.54, 1.807) is 0 Å². The lowest BCUT2D eigenvalue weighted by atomic mass is 10.3. The Morgan fingerprint density at radius 3 is 3.07 bits per heavy atom. The van der Waals surface area contributed by atoms with Crippen molar-refractivity contribution in [2.24, 2.45) is 0 Å². The second-order valence-electron chi connectivity index (χ2n) is 3.62. The van der Waals surface area contributed by atoms with E-state index in [-0.39, 0.29) is 18.2 Å². The summed E-state index contributed by atoms with van der Waals surface area (Å²) in [6.07, 6.45) is -0.368. The summed E-state index contributed by atoms with van der Waals surface area (Å²) in [5.74, 6) is 0. The first kappa shape index (κ1) is 11.3. The number of rotatable bonds is 3. The van der Waals surface area contributed by atoms with Crippen LogP contribution in [-0.4, -0.2) is 44.5 Å². The predicted molar refractivity (Wildman–Crippen MR) is 52.2 cm³/mol. The monoisotopic (exact) mass is 202 g/mol. The maximum atomic E-state index is 11.1. The summed E-state index contributed by atoms with van der Waals surface area (Å²) in [5, 5.41) is 5.85. The van der Waals surface area contributed by atoms with E-state index in [2.05, 4.69) is 10.6 Å². The molecule has 5 heteroatoms. The van der Waals surface area contributed by atoms with Crippen LogP contribution in [0, 0.1) is 0 Å². The summed E-state index contributed by atoms with van der Waals surface area (Å²) in [7, 11) is 0. The zero-order chi connectivity index (χ0) is 10.4. The molecule has 1 heterocycles. The Morgan fingerprint density at radius 1 is 1.71 bits per heavy atom. The minimum Gasteiger partial charge on any atom is -0.448 e. The number of alkyl carbamates (subject to hydrolysis) is 1. The molecule has 1 saturated heterocycles. The molecule has 0 saturated carbocycles. The molecule has 0 bridgehead atoms. The first-order valence-corrected chi connectivity index (χ1v) is 4.93. The van der Waals surface area contributed by atoms with Crippen molar-refractivity contribution in [2.45, 2.75) is 25.9 Å². The molecule has 14 heavy (non-hydrogen) atoms. The van der Waals surface area contributed by atoms with Crippen molar-refractivity contribution in [3.63, 3.8) is 0 Å². The molecule has 0 aromatic carbocycles. The summed E-state index contributed by atoms with van der Waals surface area (Å²) >= 11 is 0. The largest absolute Gasteiger partial charge is 0.448 e. The zero-order valence-corrected chi connectivity index (χ0v) is 8.71. The van der Waals surface area contributed by atoms with Gasteiger partial charge in [0.1, 0.15) is 6.61 Å². The fourth-order valence-corrected chi connectivity index (χ4v) is 1.18. The smallest absolute Gasteiger partial charge is 0.407 e. The van der Waals surface area contributed by atoms with E-state index in [1.807, 2.05) is 13.8 Å². The average molecular weight is 202 g/mol. The fraction of sp³-hybridized carbons (Fsp3) is 0.889. The van der Waals surface area contributed by atoms with Gasteiger partial charge in [0.05, 0.1) is 19.3 Å². The third-order valence-electron chi connectivity index (χ3n) is 1.82. The van der Waals surface area contributed by atoms with Crippen molar-refractivity contribution in [3.8, 4) is 0 Å². The lowest BCUT2D eigenvalue weighted by Gasteiger charge is -2.23. The second-order valence-corrected chi connectivity index (χ2v) is 3.62. The summed E-state index contributed by atoms with van der Waals surface area (Å²) < 4.78 is 10.2. The fourth-order valence-electron chi connectivity index (χ4n) is 1.18. The molecule has 2 N–H and O–H groups in total. The van der Waals surface area contributed by atoms with Gasteiger partial charge in [0.2, 0.25) is 0 Å². The van der Waals surface area contributed by atoms with Gasteiger partial charge in [-0.15, -0.1) is 0 Å². The van der Waals surface area contributed by atoms with E-state index in [1.165, 1.54) is 0 Å². The van der Waals surface area contributed by atoms with Gasteiger partial charge >= 0.3 is 6.09 Å². The van der Waals surface area contributed by atoms with E-state index in [0.29, 0.717) is 13.2 Å². The molecule has 0 aliphatic carbocycles. The highest BCUT2D eigenvalue weighted by atomic mass is 16.6. The molecule has 0 aromatic rings. The van der Waals surface area contributed by atoms with Gasteiger partial charge in [0.25, 0.3) is 0 Å². The SMILES string of the molecule is CC(C)NC(=O)OC[C@@H]1COCCN1. The van der Waals surface area contributed by atoms with E-state index < -0.39 is 0 Å². The number of hydrogen-bond donors (Lipinski definition) is 2. The van der Waals surface area contributed by atoms with Crippen LogP contribution < -0.4 is 10.6 Å². The molecule has 1 fully saturated rings. The van der Waals surface area contributed by atoms with Gasteiger partial charge in [-0.1, -0.05) is 0 Å². The number of hydrogen-bond acceptors (Lipinski definition) is 4. The minimum absolute atomic E-state index is 0.109. The molecule has 0 spiro atoms. The highest BCUT2D eigenvalue weighted by Crippen LogP contribution is 1.94. The van der Waals surface area contributed by atoms with Crippen molar-refractivity contribution in [1.29, 1.82) is 0 Å². The predicted octanol–water partition coefficient (Wildman–Crippen LogP) is 0.109. The van der Waals surface area contributed by atoms with Crippen LogP contribution in [0.4, 0.5) is 4.79 Å². The molecule has 82 valence electrons. The van der Waals surface area contributed by atoms with Crippen LogP contribution in [0.1, 0.15) is 13.8 Å². The highest BCUT2D eigenvalue weighted by molar-refractivity contribution is 5.67. The van der Waals surface area contributed by atoms with Crippen LogP contribution in [0.25, 0.3) is 0 Å². The quantitative estimate of drug-likeness (QED) is 0.682. The van der Waals surface area contributed by atoms with E-state index >= 15 is 0 Å². The molecule has 1 aliphatic heterocycles. The van der Waals surface area contributed by atoms with E-state index in [9.17, 15) is 4.79 Å². The highest BCUT2D eigenvalue weighted by Gasteiger charge is 2.15. The molecular formula is C9H18N2O3. The van der Waals surface area contributed by atoms with Crippen molar-refractivity contribution >= 4 is 6.09 Å². The zero-order valence-electron chi connectivity index (χ0n) is 8.71. The van der Waals surface area contributed by atoms with Crippen LogP contribution in [-0.2, 0) is 9.47 Å². The number of carbonyl (C=O) groups excluding carboxylic acids is 1. The number of ether oxygens (including phenoxy) is 2. The van der Waals surface area contributed by atoms with Gasteiger partial charge < -0.3 is 20.1 Å². The average Bonchev–Trinajstić information content (AvgIpc) is 2.15. The molecule has 0 unspecified atom stereocenters. The minimum atomic E-state index is -0.368. The van der Waals surface area contributed by atoms with Crippen LogP contribution in [0.2, 0.25) is 0 Å². The van der Waals surface area contributed by atoms with Gasteiger partial charge in [-0.05, 0) is 13.8 Å². The topological polar surface area (TPSA) is 59.6 Å². The maximum Gasteiger partial charge on any atom is 0.407 e. The Kier molecular flexibility index (Phi) is 4.69. The van der Waals surface area contributed by atoms with Gasteiger partial charge in [-0.3, -0.25) is 0 Å². The number of nitrogens with one attached hydrogen (secondary N) is 2. The molecule has 1 atom stereocenters. The first-order chi connectivity index (χ1) is 6.68. The standard InChI is InChI=1S/C9H18N2O3/c1-7(2)11-9(12)14-6-8-5-13-4-3-10-8/h7-8,10H,3-6H2,1-2H3,(H,11,12)/t8-/m0/s1. The molecule has 0 radical (unpaired) electrons.